The molecular formula is C23H28N4O4S. The number of sulfonamides is 1. The van der Waals surface area contributed by atoms with Gasteiger partial charge in [-0.2, -0.15) is 9.57 Å². The molecule has 0 aliphatic carbocycles. The third-order valence-corrected chi connectivity index (χ3v) is 7.29. The van der Waals surface area contributed by atoms with Crippen molar-refractivity contribution in [3.8, 4) is 17.6 Å². The Morgan fingerprint density at radius 3 is 2.34 bits per heavy atom. The van der Waals surface area contributed by atoms with Gasteiger partial charge in [-0.15, -0.1) is 0 Å². The predicted molar refractivity (Wildman–Crippen MR) is 121 cm³/mol. The molecule has 2 aromatic carbocycles. The Hall–Kier alpha value is -2.90. The van der Waals surface area contributed by atoms with Crippen molar-refractivity contribution in [2.45, 2.75) is 25.1 Å². The number of ether oxygens (including phenoxy) is 1. The van der Waals surface area contributed by atoms with Crippen LogP contribution in [0.25, 0.3) is 0 Å². The van der Waals surface area contributed by atoms with E-state index in [-0.39, 0.29) is 29.3 Å². The number of hydrogen-bond acceptors (Lipinski definition) is 7. The number of aliphatic hydroxyl groups is 1. The zero-order chi connectivity index (χ0) is 23.5. The van der Waals surface area contributed by atoms with Crippen LogP contribution in [0.15, 0.2) is 54.1 Å². The molecule has 1 atom stereocenters. The fourth-order valence-electron chi connectivity index (χ4n) is 3.65. The van der Waals surface area contributed by atoms with E-state index in [0.29, 0.717) is 18.8 Å². The maximum Gasteiger partial charge on any atom is 0.246 e. The summed E-state index contributed by atoms with van der Waals surface area (Å²) < 4.78 is 34.3. The van der Waals surface area contributed by atoms with E-state index in [2.05, 4.69) is 6.58 Å². The van der Waals surface area contributed by atoms with Crippen molar-refractivity contribution in [1.29, 1.82) is 5.26 Å². The molecule has 32 heavy (non-hydrogen) atoms. The molecule has 1 saturated heterocycles. The van der Waals surface area contributed by atoms with E-state index in [1.54, 1.807) is 16.8 Å². The van der Waals surface area contributed by atoms with Crippen LogP contribution in [-0.4, -0.2) is 67.2 Å². The molecule has 0 amide bonds. The summed E-state index contributed by atoms with van der Waals surface area (Å²) in [4.78, 5) is 3.27. The lowest BCUT2D eigenvalue weighted by atomic mass is 10.1. The van der Waals surface area contributed by atoms with Crippen molar-refractivity contribution >= 4 is 10.0 Å². The lowest BCUT2D eigenvalue weighted by molar-refractivity contribution is -0.0908. The molecule has 1 heterocycles. The fraction of sp³-hybridized carbons (Fsp3) is 0.348. The van der Waals surface area contributed by atoms with E-state index in [4.69, 9.17) is 4.74 Å². The molecule has 8 nitrogen and oxygen atoms in total. The van der Waals surface area contributed by atoms with Gasteiger partial charge >= 0.3 is 0 Å². The average molecular weight is 457 g/mol. The topological polar surface area (TPSA) is 97.1 Å². The van der Waals surface area contributed by atoms with Crippen LogP contribution in [0.4, 0.5) is 0 Å². The van der Waals surface area contributed by atoms with Crippen molar-refractivity contribution in [2.24, 2.45) is 0 Å². The first kappa shape index (κ1) is 23.8. The smallest absolute Gasteiger partial charge is 0.246 e. The van der Waals surface area contributed by atoms with Crippen LogP contribution in [0, 0.1) is 25.2 Å². The Labute approximate surface area is 189 Å². The van der Waals surface area contributed by atoms with Crippen LogP contribution in [0.3, 0.4) is 0 Å². The Morgan fingerprint density at radius 1 is 1.16 bits per heavy atom. The van der Waals surface area contributed by atoms with Gasteiger partial charge in [0.15, 0.2) is 6.35 Å². The first-order valence-electron chi connectivity index (χ1n) is 10.2. The molecule has 3 rings (SSSR count). The van der Waals surface area contributed by atoms with Gasteiger partial charge in [0.25, 0.3) is 0 Å². The van der Waals surface area contributed by atoms with Crippen LogP contribution in [-0.2, 0) is 10.0 Å². The van der Waals surface area contributed by atoms with E-state index in [0.717, 1.165) is 11.1 Å². The van der Waals surface area contributed by atoms with Gasteiger partial charge in [0.1, 0.15) is 16.4 Å². The zero-order valence-corrected chi connectivity index (χ0v) is 19.3. The Bertz CT molecular complexity index is 1110. The molecule has 1 unspecified atom stereocenters. The first-order chi connectivity index (χ1) is 15.1. The van der Waals surface area contributed by atoms with Crippen molar-refractivity contribution in [3.05, 3.63) is 65.9 Å². The maximum absolute atomic E-state index is 13.5. The standard InChI is InChI=1S/C23H28N4O4S/c1-5-25(4)23(28)26-8-10-27(11-9-26)32(29,30)22-15-19(16-24)6-7-21(22)31-20-13-17(2)12-18(3)14-20/h5-7,12-15,23,28H,1,8-11H2,2-4H3. The molecule has 1 fully saturated rings. The highest BCUT2D eigenvalue weighted by atomic mass is 32.2. The second-order valence-electron chi connectivity index (χ2n) is 7.83. The molecule has 2 aromatic rings. The largest absolute Gasteiger partial charge is 0.456 e. The molecule has 0 bridgehead atoms. The van der Waals surface area contributed by atoms with E-state index < -0.39 is 16.4 Å². The van der Waals surface area contributed by atoms with Crippen LogP contribution in [0.5, 0.6) is 11.5 Å². The highest BCUT2D eigenvalue weighted by molar-refractivity contribution is 7.89. The highest BCUT2D eigenvalue weighted by Gasteiger charge is 2.33. The number of rotatable bonds is 7. The van der Waals surface area contributed by atoms with E-state index in [1.807, 2.05) is 38.1 Å². The summed E-state index contributed by atoms with van der Waals surface area (Å²) in [6.07, 6.45) is 0.639. The number of nitriles is 1. The molecular weight excluding hydrogens is 428 g/mol. The Kier molecular flexibility index (Phi) is 7.21. The number of hydrogen-bond donors (Lipinski definition) is 1. The second-order valence-corrected chi connectivity index (χ2v) is 9.74. The third kappa shape index (κ3) is 5.11. The monoisotopic (exact) mass is 456 g/mol. The minimum absolute atomic E-state index is 0.0482. The highest BCUT2D eigenvalue weighted by Crippen LogP contribution is 2.33. The van der Waals surface area contributed by atoms with Gasteiger partial charge in [0.2, 0.25) is 10.0 Å². The van der Waals surface area contributed by atoms with Crippen molar-refractivity contribution < 1.29 is 18.3 Å². The van der Waals surface area contributed by atoms with Crippen LogP contribution in [0.1, 0.15) is 16.7 Å². The molecule has 0 saturated carbocycles. The van der Waals surface area contributed by atoms with E-state index in [9.17, 15) is 18.8 Å². The number of benzene rings is 2. The first-order valence-corrected chi connectivity index (χ1v) is 11.7. The Morgan fingerprint density at radius 2 is 1.78 bits per heavy atom. The average Bonchev–Trinajstić information content (AvgIpc) is 2.77. The number of piperazine rings is 1. The van der Waals surface area contributed by atoms with E-state index in [1.165, 1.54) is 28.7 Å². The molecule has 0 radical (unpaired) electrons. The summed E-state index contributed by atoms with van der Waals surface area (Å²) in [6, 6.07) is 12.1. The van der Waals surface area contributed by atoms with Gasteiger partial charge in [0.05, 0.1) is 11.6 Å². The molecule has 1 N–H and O–H groups in total. The molecule has 1 aliphatic heterocycles. The van der Waals surface area contributed by atoms with Crippen LogP contribution in [0.2, 0.25) is 0 Å². The molecule has 1 aliphatic rings. The molecule has 170 valence electrons. The Balaban J connectivity index is 1.89. The van der Waals surface area contributed by atoms with Gasteiger partial charge in [-0.3, -0.25) is 4.90 Å². The van der Waals surface area contributed by atoms with Gasteiger partial charge in [-0.25, -0.2) is 8.42 Å². The van der Waals surface area contributed by atoms with Gasteiger partial charge in [-0.05, 0) is 61.5 Å². The number of nitrogens with zero attached hydrogens (tertiary/aromatic N) is 4. The van der Waals surface area contributed by atoms with Crippen molar-refractivity contribution in [1.82, 2.24) is 14.1 Å². The van der Waals surface area contributed by atoms with Crippen LogP contribution >= 0.6 is 0 Å². The molecule has 0 spiro atoms. The maximum atomic E-state index is 13.5. The SMILES string of the molecule is C=CN(C)C(O)N1CCN(S(=O)(=O)c2cc(C#N)ccc2Oc2cc(C)cc(C)c2)CC1. The minimum atomic E-state index is -3.93. The van der Waals surface area contributed by atoms with Gasteiger partial charge < -0.3 is 14.7 Å². The summed E-state index contributed by atoms with van der Waals surface area (Å²) in [7, 11) is -2.23. The summed E-state index contributed by atoms with van der Waals surface area (Å²) in [5.74, 6) is 0.701. The molecule has 0 aromatic heterocycles. The number of aryl methyl sites for hydroxylation is 2. The van der Waals surface area contributed by atoms with Crippen molar-refractivity contribution in [2.75, 3.05) is 33.2 Å². The van der Waals surface area contributed by atoms with E-state index >= 15 is 0 Å². The zero-order valence-electron chi connectivity index (χ0n) is 18.5. The van der Waals surface area contributed by atoms with Gasteiger partial charge in [0, 0.05) is 33.2 Å². The van der Waals surface area contributed by atoms with Crippen molar-refractivity contribution in [3.63, 3.8) is 0 Å². The summed E-state index contributed by atoms with van der Waals surface area (Å²) in [5, 5.41) is 19.6. The third-order valence-electron chi connectivity index (χ3n) is 5.37. The predicted octanol–water partition coefficient (Wildman–Crippen LogP) is 2.62. The second kappa shape index (κ2) is 9.71. The quantitative estimate of drug-likeness (QED) is 0.640. The van der Waals surface area contributed by atoms with Crippen LogP contribution < -0.4 is 4.74 Å². The normalized spacial score (nSPS) is 16.2. The number of aliphatic hydroxyl groups excluding tert-OH is 1. The minimum Gasteiger partial charge on any atom is -0.456 e. The lowest BCUT2D eigenvalue weighted by Crippen LogP contribution is -2.55. The lowest BCUT2D eigenvalue weighted by Gasteiger charge is -2.39. The summed E-state index contributed by atoms with van der Waals surface area (Å²) in [6.45, 7) is 8.61. The summed E-state index contributed by atoms with van der Waals surface area (Å²) in [5.41, 5.74) is 2.23. The fourth-order valence-corrected chi connectivity index (χ4v) is 5.21. The van der Waals surface area contributed by atoms with Gasteiger partial charge in [-0.1, -0.05) is 12.6 Å². The summed E-state index contributed by atoms with van der Waals surface area (Å²) >= 11 is 0. The molecule has 9 heteroatoms.